The summed E-state index contributed by atoms with van der Waals surface area (Å²) in [5.41, 5.74) is 3.01. The predicted octanol–water partition coefficient (Wildman–Crippen LogP) is 3.44. The molecule has 0 unspecified atom stereocenters. The van der Waals surface area contributed by atoms with Crippen LogP contribution in [0.15, 0.2) is 48.5 Å². The number of para-hydroxylation sites is 2. The van der Waals surface area contributed by atoms with E-state index in [-0.39, 0.29) is 5.75 Å². The van der Waals surface area contributed by atoms with Crippen molar-refractivity contribution in [1.29, 1.82) is 0 Å². The summed E-state index contributed by atoms with van der Waals surface area (Å²) in [5, 5.41) is 9.19. The van der Waals surface area contributed by atoms with Crippen LogP contribution in [0.25, 0.3) is 23.2 Å². The highest BCUT2D eigenvalue weighted by molar-refractivity contribution is 5.78. The molecule has 3 rings (SSSR count). The zero-order valence-electron chi connectivity index (χ0n) is 9.67. The molecule has 0 atom stereocenters. The van der Waals surface area contributed by atoms with Crippen molar-refractivity contribution < 1.29 is 5.11 Å². The average molecular weight is 236 g/mol. The van der Waals surface area contributed by atoms with Gasteiger partial charge >= 0.3 is 0 Å². The molecule has 0 bridgehead atoms. The van der Waals surface area contributed by atoms with E-state index < -0.39 is 0 Å². The van der Waals surface area contributed by atoms with Gasteiger partial charge in [-0.3, -0.25) is 0 Å². The van der Waals surface area contributed by atoms with Crippen molar-refractivity contribution in [2.75, 3.05) is 0 Å². The topological polar surface area (TPSA) is 48.9 Å². The fraction of sp³-hybridized carbons (Fsp3) is 0. The normalized spacial score (nSPS) is 11.3. The molecule has 3 nitrogen and oxygen atoms in total. The molecule has 3 heteroatoms. The zero-order chi connectivity index (χ0) is 12.4. The predicted molar refractivity (Wildman–Crippen MR) is 73.1 cm³/mol. The molecule has 2 N–H and O–H groups in total. The van der Waals surface area contributed by atoms with Crippen LogP contribution in [0.4, 0.5) is 0 Å². The molecular formula is C15H12N2O. The molecule has 2 aromatic carbocycles. The van der Waals surface area contributed by atoms with E-state index in [1.807, 2.05) is 48.6 Å². The van der Waals surface area contributed by atoms with E-state index in [0.717, 1.165) is 22.4 Å². The van der Waals surface area contributed by atoms with Gasteiger partial charge in [-0.25, -0.2) is 4.98 Å². The Labute approximate surface area is 104 Å². The zero-order valence-corrected chi connectivity index (χ0v) is 9.67. The second kappa shape index (κ2) is 4.37. The molecule has 1 aromatic heterocycles. The smallest absolute Gasteiger partial charge is 0.131 e. The SMILES string of the molecule is Oc1ccc(/C=C\c2nc3ccccc3[nH]2)cc1. The maximum atomic E-state index is 9.19. The van der Waals surface area contributed by atoms with E-state index in [2.05, 4.69) is 9.97 Å². The minimum absolute atomic E-state index is 0.274. The molecule has 0 amide bonds. The first-order valence-corrected chi connectivity index (χ1v) is 5.73. The summed E-state index contributed by atoms with van der Waals surface area (Å²) in [6.07, 6.45) is 3.88. The van der Waals surface area contributed by atoms with Crippen molar-refractivity contribution in [3.05, 3.63) is 59.9 Å². The maximum absolute atomic E-state index is 9.19. The number of phenols is 1. The van der Waals surface area contributed by atoms with E-state index in [1.165, 1.54) is 0 Å². The summed E-state index contributed by atoms with van der Waals surface area (Å²) in [6.45, 7) is 0. The van der Waals surface area contributed by atoms with Crippen LogP contribution >= 0.6 is 0 Å². The first-order chi connectivity index (χ1) is 8.81. The number of hydrogen-bond donors (Lipinski definition) is 2. The molecule has 0 fully saturated rings. The average Bonchev–Trinajstić information content (AvgIpc) is 2.81. The van der Waals surface area contributed by atoms with Gasteiger partial charge in [-0.05, 0) is 35.9 Å². The fourth-order valence-corrected chi connectivity index (χ4v) is 1.81. The minimum Gasteiger partial charge on any atom is -0.508 e. The van der Waals surface area contributed by atoms with Crippen LogP contribution < -0.4 is 0 Å². The monoisotopic (exact) mass is 236 g/mol. The molecule has 1 heterocycles. The lowest BCUT2D eigenvalue weighted by Crippen LogP contribution is -1.74. The van der Waals surface area contributed by atoms with Gasteiger partial charge in [0.1, 0.15) is 11.6 Å². The highest BCUT2D eigenvalue weighted by Crippen LogP contribution is 2.14. The summed E-state index contributed by atoms with van der Waals surface area (Å²) in [6, 6.07) is 15.0. The second-order valence-corrected chi connectivity index (χ2v) is 4.06. The van der Waals surface area contributed by atoms with Gasteiger partial charge in [0.05, 0.1) is 11.0 Å². The minimum atomic E-state index is 0.274. The van der Waals surface area contributed by atoms with E-state index in [0.29, 0.717) is 0 Å². The van der Waals surface area contributed by atoms with Crippen LogP contribution in [-0.4, -0.2) is 15.1 Å². The Morgan fingerprint density at radius 3 is 2.50 bits per heavy atom. The van der Waals surface area contributed by atoms with Gasteiger partial charge < -0.3 is 10.1 Å². The summed E-state index contributed by atoms with van der Waals surface area (Å²) in [5.74, 6) is 1.10. The third kappa shape index (κ3) is 2.11. The molecule has 18 heavy (non-hydrogen) atoms. The number of aromatic nitrogens is 2. The van der Waals surface area contributed by atoms with Gasteiger partial charge in [0, 0.05) is 0 Å². The number of benzene rings is 2. The van der Waals surface area contributed by atoms with Crippen LogP contribution in [-0.2, 0) is 0 Å². The molecule has 0 aliphatic rings. The van der Waals surface area contributed by atoms with Crippen LogP contribution in [0, 0.1) is 0 Å². The standard InChI is InChI=1S/C15H12N2O/c18-12-8-5-11(6-9-12)7-10-15-16-13-3-1-2-4-14(13)17-15/h1-10,18H,(H,16,17)/b10-7-. The van der Waals surface area contributed by atoms with E-state index in [4.69, 9.17) is 0 Å². The first-order valence-electron chi connectivity index (χ1n) is 5.73. The highest BCUT2D eigenvalue weighted by Gasteiger charge is 1.97. The number of hydrogen-bond acceptors (Lipinski definition) is 2. The Morgan fingerprint density at radius 2 is 1.72 bits per heavy atom. The van der Waals surface area contributed by atoms with Gasteiger partial charge in [-0.15, -0.1) is 0 Å². The molecule has 0 spiro atoms. The number of H-pyrrole nitrogens is 1. The van der Waals surface area contributed by atoms with Gasteiger partial charge in [-0.1, -0.05) is 30.3 Å². The number of nitrogens with one attached hydrogen (secondary N) is 1. The summed E-state index contributed by atoms with van der Waals surface area (Å²) < 4.78 is 0. The van der Waals surface area contributed by atoms with Crippen LogP contribution in [0.1, 0.15) is 11.4 Å². The number of aromatic amines is 1. The molecular weight excluding hydrogens is 224 g/mol. The largest absolute Gasteiger partial charge is 0.508 e. The molecule has 0 aliphatic heterocycles. The van der Waals surface area contributed by atoms with Gasteiger partial charge in [0.25, 0.3) is 0 Å². The Balaban J connectivity index is 1.89. The van der Waals surface area contributed by atoms with Gasteiger partial charge in [0.15, 0.2) is 0 Å². The van der Waals surface area contributed by atoms with Crippen molar-refractivity contribution >= 4 is 23.2 Å². The number of fused-ring (bicyclic) bond motifs is 1. The Kier molecular flexibility index (Phi) is 2.57. The van der Waals surface area contributed by atoms with Crippen molar-refractivity contribution in [3.63, 3.8) is 0 Å². The summed E-state index contributed by atoms with van der Waals surface area (Å²) in [4.78, 5) is 7.68. The second-order valence-electron chi connectivity index (χ2n) is 4.06. The summed E-state index contributed by atoms with van der Waals surface area (Å²) >= 11 is 0. The third-order valence-corrected chi connectivity index (χ3v) is 2.73. The van der Waals surface area contributed by atoms with Crippen molar-refractivity contribution in [2.45, 2.75) is 0 Å². The van der Waals surface area contributed by atoms with Crippen LogP contribution in [0.5, 0.6) is 5.75 Å². The molecule has 3 aromatic rings. The van der Waals surface area contributed by atoms with Crippen LogP contribution in [0.3, 0.4) is 0 Å². The third-order valence-electron chi connectivity index (χ3n) is 2.73. The van der Waals surface area contributed by atoms with E-state index in [9.17, 15) is 5.11 Å². The van der Waals surface area contributed by atoms with Crippen molar-refractivity contribution in [1.82, 2.24) is 9.97 Å². The number of phenolic OH excluding ortho intramolecular Hbond substituents is 1. The van der Waals surface area contributed by atoms with E-state index >= 15 is 0 Å². The van der Waals surface area contributed by atoms with Gasteiger partial charge in [-0.2, -0.15) is 0 Å². The van der Waals surface area contributed by atoms with Gasteiger partial charge in [0.2, 0.25) is 0 Å². The number of rotatable bonds is 2. The van der Waals surface area contributed by atoms with Crippen LogP contribution in [0.2, 0.25) is 0 Å². The number of aromatic hydroxyl groups is 1. The Hall–Kier alpha value is -2.55. The lowest BCUT2D eigenvalue weighted by molar-refractivity contribution is 0.475. The number of nitrogens with zero attached hydrogens (tertiary/aromatic N) is 1. The number of imidazole rings is 1. The fourth-order valence-electron chi connectivity index (χ4n) is 1.81. The summed E-state index contributed by atoms with van der Waals surface area (Å²) in [7, 11) is 0. The molecule has 0 aliphatic carbocycles. The van der Waals surface area contributed by atoms with E-state index in [1.54, 1.807) is 12.1 Å². The molecule has 0 radical (unpaired) electrons. The molecule has 0 saturated heterocycles. The lowest BCUT2D eigenvalue weighted by atomic mass is 10.2. The Morgan fingerprint density at radius 1 is 0.944 bits per heavy atom. The van der Waals surface area contributed by atoms with Crippen molar-refractivity contribution in [3.8, 4) is 5.75 Å². The Bertz CT molecular complexity index is 663. The quantitative estimate of drug-likeness (QED) is 0.716. The highest BCUT2D eigenvalue weighted by atomic mass is 16.3. The van der Waals surface area contributed by atoms with Crippen molar-refractivity contribution in [2.24, 2.45) is 0 Å². The molecule has 0 saturated carbocycles. The lowest BCUT2D eigenvalue weighted by Gasteiger charge is -1.93. The first kappa shape index (κ1) is 10.6. The maximum Gasteiger partial charge on any atom is 0.131 e. The molecule has 88 valence electrons.